The van der Waals surface area contributed by atoms with Crippen molar-refractivity contribution >= 4 is 11.4 Å². The lowest BCUT2D eigenvalue weighted by Gasteiger charge is -2.14. The van der Waals surface area contributed by atoms with E-state index in [1.54, 1.807) is 6.92 Å². The second-order valence-electron chi connectivity index (χ2n) is 3.99. The van der Waals surface area contributed by atoms with Gasteiger partial charge in [-0.05, 0) is 25.1 Å². The number of epoxide rings is 1. The maximum absolute atomic E-state index is 12.5. The van der Waals surface area contributed by atoms with Crippen LogP contribution in [0.2, 0.25) is 0 Å². The van der Waals surface area contributed by atoms with Crippen LogP contribution in [0.15, 0.2) is 18.2 Å². The summed E-state index contributed by atoms with van der Waals surface area (Å²) in [7, 11) is 0. The molecule has 0 radical (unpaired) electrons. The molecule has 1 heterocycles. The molecule has 0 spiro atoms. The van der Waals surface area contributed by atoms with Gasteiger partial charge in [0.05, 0.1) is 12.2 Å². The van der Waals surface area contributed by atoms with Crippen molar-refractivity contribution in [2.45, 2.75) is 18.8 Å². The fourth-order valence-electron chi connectivity index (χ4n) is 1.37. The zero-order valence-electron chi connectivity index (χ0n) is 8.56. The first-order valence-corrected chi connectivity index (χ1v) is 4.68. The number of alkyl halides is 3. The molecule has 3 nitrogen and oxygen atoms in total. The highest BCUT2D eigenvalue weighted by atomic mass is 19.4. The zero-order valence-corrected chi connectivity index (χ0v) is 8.56. The maximum Gasteiger partial charge on any atom is 0.416 e. The molecule has 1 unspecified atom stereocenters. The van der Waals surface area contributed by atoms with Crippen LogP contribution in [0.25, 0.3) is 0 Å². The minimum atomic E-state index is -4.39. The van der Waals surface area contributed by atoms with Crippen LogP contribution in [-0.2, 0) is 10.9 Å². The summed E-state index contributed by atoms with van der Waals surface area (Å²) in [5, 5.41) is 2.84. The number of ether oxygens (including phenoxy) is 1. The predicted molar refractivity (Wildman–Crippen MR) is 53.8 cm³/mol. The summed E-state index contributed by atoms with van der Waals surface area (Å²) in [6, 6.07) is 3.37. The minimum absolute atomic E-state index is 0.0709. The molecule has 2 rings (SSSR count). The Bertz CT molecular complexity index is 413. The molecule has 3 N–H and O–H groups in total. The van der Waals surface area contributed by atoms with Gasteiger partial charge in [0, 0.05) is 11.4 Å². The van der Waals surface area contributed by atoms with E-state index in [2.05, 4.69) is 5.32 Å². The average Bonchev–Trinajstić information content (AvgIpc) is 2.80. The van der Waals surface area contributed by atoms with Crippen LogP contribution in [0.4, 0.5) is 24.5 Å². The van der Waals surface area contributed by atoms with E-state index in [-0.39, 0.29) is 5.69 Å². The molecule has 1 aromatic rings. The van der Waals surface area contributed by atoms with Crippen LogP contribution >= 0.6 is 0 Å². The van der Waals surface area contributed by atoms with Gasteiger partial charge in [0.15, 0.2) is 5.72 Å². The van der Waals surface area contributed by atoms with Crippen molar-refractivity contribution in [2.75, 3.05) is 17.7 Å². The number of nitrogen functional groups attached to an aromatic ring is 1. The van der Waals surface area contributed by atoms with E-state index < -0.39 is 17.5 Å². The fourth-order valence-corrected chi connectivity index (χ4v) is 1.37. The van der Waals surface area contributed by atoms with E-state index in [1.807, 2.05) is 0 Å². The summed E-state index contributed by atoms with van der Waals surface area (Å²) in [5.74, 6) is 0. The van der Waals surface area contributed by atoms with Gasteiger partial charge in [0.2, 0.25) is 0 Å². The molecule has 1 aromatic carbocycles. The van der Waals surface area contributed by atoms with Crippen LogP contribution in [0.1, 0.15) is 12.5 Å². The fraction of sp³-hybridized carbons (Fsp3) is 0.400. The van der Waals surface area contributed by atoms with Crippen LogP contribution in [0.3, 0.4) is 0 Å². The van der Waals surface area contributed by atoms with Gasteiger partial charge in [0.1, 0.15) is 0 Å². The lowest BCUT2D eigenvalue weighted by molar-refractivity contribution is -0.137. The Kier molecular flexibility index (Phi) is 2.27. The van der Waals surface area contributed by atoms with Crippen LogP contribution < -0.4 is 11.1 Å². The van der Waals surface area contributed by atoms with Gasteiger partial charge in [-0.1, -0.05) is 0 Å². The molecular formula is C10H11F3N2O. The van der Waals surface area contributed by atoms with Gasteiger partial charge in [-0.2, -0.15) is 13.2 Å². The number of nitrogens with two attached hydrogens (primary N) is 1. The van der Waals surface area contributed by atoms with E-state index in [1.165, 1.54) is 6.07 Å². The van der Waals surface area contributed by atoms with Crippen molar-refractivity contribution in [3.63, 3.8) is 0 Å². The molecular weight excluding hydrogens is 221 g/mol. The largest absolute Gasteiger partial charge is 0.416 e. The summed E-state index contributed by atoms with van der Waals surface area (Å²) in [4.78, 5) is 0. The lowest BCUT2D eigenvalue weighted by Crippen LogP contribution is -2.19. The van der Waals surface area contributed by atoms with Gasteiger partial charge in [-0.3, -0.25) is 0 Å². The van der Waals surface area contributed by atoms with Crippen molar-refractivity contribution in [2.24, 2.45) is 0 Å². The SMILES string of the molecule is CC1(Nc2cc(N)cc(C(F)(F)F)c2)CO1. The Morgan fingerprint density at radius 2 is 2.00 bits per heavy atom. The first-order chi connectivity index (χ1) is 7.28. The van der Waals surface area contributed by atoms with E-state index >= 15 is 0 Å². The monoisotopic (exact) mass is 232 g/mol. The molecule has 1 aliphatic heterocycles. The van der Waals surface area contributed by atoms with Gasteiger partial charge in [-0.15, -0.1) is 0 Å². The molecule has 0 aliphatic carbocycles. The molecule has 0 aromatic heterocycles. The number of anilines is 2. The van der Waals surface area contributed by atoms with Crippen molar-refractivity contribution in [3.8, 4) is 0 Å². The first-order valence-electron chi connectivity index (χ1n) is 4.68. The smallest absolute Gasteiger partial charge is 0.399 e. The summed E-state index contributed by atoms with van der Waals surface area (Å²) in [6.07, 6.45) is -4.39. The third kappa shape index (κ3) is 2.38. The van der Waals surface area contributed by atoms with E-state index in [0.717, 1.165) is 12.1 Å². The highest BCUT2D eigenvalue weighted by molar-refractivity contribution is 5.58. The van der Waals surface area contributed by atoms with Crippen LogP contribution in [0.5, 0.6) is 0 Å². The molecule has 1 aliphatic rings. The number of hydrogen-bond acceptors (Lipinski definition) is 3. The first kappa shape index (κ1) is 11.1. The van der Waals surface area contributed by atoms with Crippen molar-refractivity contribution in [1.29, 1.82) is 0 Å². The topological polar surface area (TPSA) is 50.6 Å². The number of hydrogen-bond donors (Lipinski definition) is 2. The minimum Gasteiger partial charge on any atom is -0.399 e. The molecule has 1 atom stereocenters. The second-order valence-corrected chi connectivity index (χ2v) is 3.99. The normalized spacial score (nSPS) is 24.2. The van der Waals surface area contributed by atoms with Gasteiger partial charge >= 0.3 is 6.18 Å². The number of rotatable bonds is 2. The zero-order chi connectivity index (χ0) is 12.0. The quantitative estimate of drug-likeness (QED) is 0.608. The number of halogens is 3. The van der Waals surface area contributed by atoms with Crippen LogP contribution in [0, 0.1) is 0 Å². The van der Waals surface area contributed by atoms with E-state index in [9.17, 15) is 13.2 Å². The highest BCUT2D eigenvalue weighted by Crippen LogP contribution is 2.35. The van der Waals surface area contributed by atoms with Crippen molar-refractivity contribution in [1.82, 2.24) is 0 Å². The molecule has 0 bridgehead atoms. The Balaban J connectivity index is 2.29. The van der Waals surface area contributed by atoms with Gasteiger partial charge in [-0.25, -0.2) is 0 Å². The lowest BCUT2D eigenvalue weighted by atomic mass is 10.1. The Labute approximate surface area is 90.4 Å². The summed E-state index contributed by atoms with van der Waals surface area (Å²) >= 11 is 0. The maximum atomic E-state index is 12.5. The molecule has 16 heavy (non-hydrogen) atoms. The van der Waals surface area contributed by atoms with Crippen molar-refractivity contribution in [3.05, 3.63) is 23.8 Å². The van der Waals surface area contributed by atoms with E-state index in [0.29, 0.717) is 12.3 Å². The van der Waals surface area contributed by atoms with Crippen LogP contribution in [-0.4, -0.2) is 12.3 Å². The molecule has 88 valence electrons. The molecule has 0 saturated carbocycles. The molecule has 6 heteroatoms. The summed E-state index contributed by atoms with van der Waals surface area (Å²) in [5.41, 5.74) is 4.47. The Morgan fingerprint density at radius 1 is 1.38 bits per heavy atom. The predicted octanol–water partition coefficient (Wildman–Crippen LogP) is 2.45. The Hall–Kier alpha value is -1.43. The van der Waals surface area contributed by atoms with Crippen molar-refractivity contribution < 1.29 is 17.9 Å². The highest BCUT2D eigenvalue weighted by Gasteiger charge is 2.39. The third-order valence-corrected chi connectivity index (χ3v) is 2.27. The molecule has 0 amide bonds. The summed E-state index contributed by atoms with van der Waals surface area (Å²) < 4.78 is 42.5. The van der Waals surface area contributed by atoms with Gasteiger partial charge < -0.3 is 15.8 Å². The molecule has 1 saturated heterocycles. The third-order valence-electron chi connectivity index (χ3n) is 2.27. The second kappa shape index (κ2) is 3.28. The number of benzene rings is 1. The summed E-state index contributed by atoms with van der Waals surface area (Å²) in [6.45, 7) is 2.23. The standard InChI is InChI=1S/C10H11F3N2O/c1-9(5-16-9)15-8-3-6(10(11,12)13)2-7(14)4-8/h2-4,15H,5,14H2,1H3. The molecule has 1 fully saturated rings. The average molecular weight is 232 g/mol. The van der Waals surface area contributed by atoms with Gasteiger partial charge in [0.25, 0.3) is 0 Å². The Morgan fingerprint density at radius 3 is 2.50 bits per heavy atom. The van der Waals surface area contributed by atoms with E-state index in [4.69, 9.17) is 10.5 Å². The number of nitrogens with one attached hydrogen (secondary N) is 1.